The van der Waals surface area contributed by atoms with Gasteiger partial charge in [0.1, 0.15) is 23.8 Å². The van der Waals surface area contributed by atoms with Crippen LogP contribution in [-0.2, 0) is 40.4 Å². The number of hydroxylamine groups is 2. The lowest BCUT2D eigenvalue weighted by Gasteiger charge is -2.30. The van der Waals surface area contributed by atoms with E-state index in [9.17, 15) is 19.1 Å². The van der Waals surface area contributed by atoms with Gasteiger partial charge in [-0.1, -0.05) is 42.5 Å². The van der Waals surface area contributed by atoms with Crippen molar-refractivity contribution in [1.29, 1.82) is 0 Å². The number of aliphatic carboxylic acids is 1. The van der Waals surface area contributed by atoms with Crippen LogP contribution in [0.5, 0.6) is 5.75 Å². The molecule has 37 heavy (non-hydrogen) atoms. The minimum atomic E-state index is -0.954. The number of nitrogens with zero attached hydrogens (tertiary/aromatic N) is 1. The van der Waals surface area contributed by atoms with Gasteiger partial charge in [0.15, 0.2) is 0 Å². The Bertz CT molecular complexity index is 1290. The fraction of sp³-hybridized carbons (Fsp3) is 0.310. The zero-order chi connectivity index (χ0) is 26.6. The highest BCUT2D eigenvalue weighted by Gasteiger charge is 2.27. The van der Waals surface area contributed by atoms with Gasteiger partial charge in [0, 0.05) is 12.1 Å². The molecule has 8 heteroatoms. The van der Waals surface area contributed by atoms with Crippen molar-refractivity contribution in [2.45, 2.75) is 52.4 Å². The molecule has 4 rings (SSSR count). The number of hydrogen-bond acceptors (Lipinski definition) is 6. The maximum atomic E-state index is 14.8. The molecular formula is C29H30FNO6. The molecule has 1 N–H and O–H groups in total. The summed E-state index contributed by atoms with van der Waals surface area (Å²) in [5.74, 6) is -0.744. The van der Waals surface area contributed by atoms with E-state index in [4.69, 9.17) is 14.3 Å². The normalized spacial score (nSPS) is 13.5. The Balaban J connectivity index is 1.62. The predicted molar refractivity (Wildman–Crippen MR) is 135 cm³/mol. The van der Waals surface area contributed by atoms with E-state index < -0.39 is 17.7 Å². The van der Waals surface area contributed by atoms with Crippen LogP contribution in [0.4, 0.5) is 9.18 Å². The van der Waals surface area contributed by atoms with E-state index in [0.29, 0.717) is 46.5 Å². The number of carbonyl (C=O) groups excluding carboxylic acids is 1. The molecule has 0 bridgehead atoms. The fourth-order valence-electron chi connectivity index (χ4n) is 4.28. The monoisotopic (exact) mass is 507 g/mol. The molecule has 7 nitrogen and oxygen atoms in total. The van der Waals surface area contributed by atoms with Gasteiger partial charge >= 0.3 is 12.1 Å². The van der Waals surface area contributed by atoms with Crippen LogP contribution in [0, 0.1) is 5.82 Å². The Morgan fingerprint density at radius 3 is 2.43 bits per heavy atom. The second-order valence-electron chi connectivity index (χ2n) is 9.90. The molecule has 3 aromatic carbocycles. The number of fused-ring (bicyclic) bond motifs is 1. The zero-order valence-corrected chi connectivity index (χ0v) is 21.1. The number of benzene rings is 3. The van der Waals surface area contributed by atoms with Crippen LogP contribution in [0.25, 0.3) is 11.1 Å². The number of carbonyl (C=O) groups is 2. The molecule has 0 amide bonds. The third-order valence-corrected chi connectivity index (χ3v) is 5.83. The Kier molecular flexibility index (Phi) is 7.78. The van der Waals surface area contributed by atoms with E-state index in [2.05, 4.69) is 0 Å². The molecule has 3 aromatic rings. The van der Waals surface area contributed by atoms with Crippen molar-refractivity contribution in [2.75, 3.05) is 6.54 Å². The fourth-order valence-corrected chi connectivity index (χ4v) is 4.28. The van der Waals surface area contributed by atoms with E-state index in [0.717, 1.165) is 5.56 Å². The molecule has 1 aliphatic heterocycles. The second-order valence-corrected chi connectivity index (χ2v) is 9.90. The lowest BCUT2D eigenvalue weighted by Crippen LogP contribution is -2.34. The number of halogens is 1. The van der Waals surface area contributed by atoms with Crippen molar-refractivity contribution in [2.24, 2.45) is 0 Å². The SMILES string of the molecule is CC(C)(C)Oc1ccc(CC(=O)O)cc1-c1ccc(F)c2c1CN(OC(=O)OCc1ccccc1)CC2. The lowest BCUT2D eigenvalue weighted by atomic mass is 9.90. The third kappa shape index (κ3) is 6.86. The van der Waals surface area contributed by atoms with Crippen LogP contribution in [0.3, 0.4) is 0 Å². The lowest BCUT2D eigenvalue weighted by molar-refractivity contribution is -0.139. The van der Waals surface area contributed by atoms with Crippen molar-refractivity contribution in [3.8, 4) is 16.9 Å². The molecule has 0 atom stereocenters. The van der Waals surface area contributed by atoms with E-state index in [1.54, 1.807) is 24.3 Å². The summed E-state index contributed by atoms with van der Waals surface area (Å²) in [5, 5.41) is 10.7. The molecular weight excluding hydrogens is 477 g/mol. The number of ether oxygens (including phenoxy) is 2. The van der Waals surface area contributed by atoms with E-state index in [-0.39, 0.29) is 25.4 Å². The second kappa shape index (κ2) is 11.0. The maximum absolute atomic E-state index is 14.8. The first-order valence-electron chi connectivity index (χ1n) is 12.1. The number of rotatable bonds is 7. The molecule has 0 unspecified atom stereocenters. The molecule has 0 saturated carbocycles. The molecule has 0 aromatic heterocycles. The maximum Gasteiger partial charge on any atom is 0.528 e. The number of carboxylic acid groups (broad SMARTS) is 1. The van der Waals surface area contributed by atoms with Gasteiger partial charge in [0.2, 0.25) is 0 Å². The van der Waals surface area contributed by atoms with Crippen molar-refractivity contribution in [3.05, 3.63) is 88.7 Å². The first kappa shape index (κ1) is 26.2. The summed E-state index contributed by atoms with van der Waals surface area (Å²) in [7, 11) is 0. The Morgan fingerprint density at radius 1 is 0.973 bits per heavy atom. The van der Waals surface area contributed by atoms with Crippen LogP contribution in [0.1, 0.15) is 43.0 Å². The average Bonchev–Trinajstić information content (AvgIpc) is 2.84. The van der Waals surface area contributed by atoms with Crippen molar-refractivity contribution in [1.82, 2.24) is 5.06 Å². The molecule has 0 spiro atoms. The summed E-state index contributed by atoms with van der Waals surface area (Å²) >= 11 is 0. The van der Waals surface area contributed by atoms with Gasteiger partial charge in [-0.25, -0.2) is 9.18 Å². The summed E-state index contributed by atoms with van der Waals surface area (Å²) in [6.45, 7) is 6.27. The highest BCUT2D eigenvalue weighted by atomic mass is 19.1. The zero-order valence-electron chi connectivity index (χ0n) is 21.1. The summed E-state index contributed by atoms with van der Waals surface area (Å²) in [6, 6.07) is 17.5. The van der Waals surface area contributed by atoms with Crippen molar-refractivity contribution < 1.29 is 33.4 Å². The molecule has 0 radical (unpaired) electrons. The quantitative estimate of drug-likeness (QED) is 0.397. The Morgan fingerprint density at radius 2 is 1.73 bits per heavy atom. The first-order valence-corrected chi connectivity index (χ1v) is 12.1. The summed E-state index contributed by atoms with van der Waals surface area (Å²) in [6.07, 6.45) is -0.676. The van der Waals surface area contributed by atoms with Crippen molar-refractivity contribution >= 4 is 12.1 Å². The minimum Gasteiger partial charge on any atom is -0.488 e. The van der Waals surface area contributed by atoms with E-state index >= 15 is 0 Å². The van der Waals surface area contributed by atoms with Crippen LogP contribution in [0.15, 0.2) is 60.7 Å². The topological polar surface area (TPSA) is 85.3 Å². The largest absolute Gasteiger partial charge is 0.528 e. The standard InChI is InChI=1S/C29H30FNO6/c1-29(2,3)36-26-12-9-20(16-27(32)33)15-23(26)21-10-11-25(30)22-13-14-31(17-24(21)22)37-28(34)35-18-19-7-5-4-6-8-19/h4-12,15H,13-14,16-18H2,1-3H3,(H,32,33). The summed E-state index contributed by atoms with van der Waals surface area (Å²) in [4.78, 5) is 29.1. The Labute approximate surface area is 215 Å². The molecule has 194 valence electrons. The molecule has 0 aliphatic carbocycles. The molecule has 1 aliphatic rings. The average molecular weight is 508 g/mol. The van der Waals surface area contributed by atoms with Gasteiger partial charge in [-0.3, -0.25) is 4.79 Å². The Hall–Kier alpha value is -3.91. The predicted octanol–water partition coefficient (Wildman–Crippen LogP) is 5.92. The van der Waals surface area contributed by atoms with Crippen LogP contribution >= 0.6 is 0 Å². The van der Waals surface area contributed by atoms with Crippen molar-refractivity contribution in [3.63, 3.8) is 0 Å². The van der Waals surface area contributed by atoms with Crippen LogP contribution < -0.4 is 4.74 Å². The highest BCUT2D eigenvalue weighted by molar-refractivity contribution is 5.77. The van der Waals surface area contributed by atoms with Gasteiger partial charge in [-0.2, -0.15) is 0 Å². The van der Waals surface area contributed by atoms with Crippen LogP contribution in [0.2, 0.25) is 0 Å². The van der Waals surface area contributed by atoms with Gasteiger partial charge < -0.3 is 19.4 Å². The summed E-state index contributed by atoms with van der Waals surface area (Å²) < 4.78 is 26.2. The molecule has 0 saturated heterocycles. The van der Waals surface area contributed by atoms with Gasteiger partial charge in [0.25, 0.3) is 0 Å². The van der Waals surface area contributed by atoms with E-state index in [1.165, 1.54) is 11.1 Å². The minimum absolute atomic E-state index is 0.0772. The first-order chi connectivity index (χ1) is 17.6. The molecule has 0 fully saturated rings. The number of hydrogen-bond donors (Lipinski definition) is 1. The van der Waals surface area contributed by atoms with Gasteiger partial charge in [-0.05, 0) is 73.2 Å². The smallest absolute Gasteiger partial charge is 0.488 e. The number of carboxylic acids is 1. The van der Waals surface area contributed by atoms with Gasteiger partial charge in [0.05, 0.1) is 13.0 Å². The molecule has 1 heterocycles. The van der Waals surface area contributed by atoms with Crippen LogP contribution in [-0.4, -0.2) is 34.4 Å². The third-order valence-electron chi connectivity index (χ3n) is 5.83. The highest BCUT2D eigenvalue weighted by Crippen LogP contribution is 2.39. The van der Waals surface area contributed by atoms with E-state index in [1.807, 2.05) is 51.1 Å². The van der Waals surface area contributed by atoms with Gasteiger partial charge in [-0.15, -0.1) is 5.06 Å². The summed E-state index contributed by atoms with van der Waals surface area (Å²) in [5.41, 5.74) is 3.43.